The second kappa shape index (κ2) is 7.00. The molecule has 0 spiro atoms. The van der Waals surface area contributed by atoms with Gasteiger partial charge in [-0.2, -0.15) is 0 Å². The first-order chi connectivity index (χ1) is 13.2. The lowest BCUT2D eigenvalue weighted by atomic mass is 9.47. The molecule has 1 N–H and O–H groups in total. The highest BCUT2D eigenvalue weighted by Crippen LogP contribution is 2.65. The molecule has 5 nitrogen and oxygen atoms in total. The molecule has 28 heavy (non-hydrogen) atoms. The number of rotatable bonds is 4. The van der Waals surface area contributed by atoms with Crippen molar-refractivity contribution in [2.75, 3.05) is 0 Å². The summed E-state index contributed by atoms with van der Waals surface area (Å²) in [6.45, 7) is 4.66. The molecule has 3 saturated carbocycles. The molecule has 6 atom stereocenters. The van der Waals surface area contributed by atoms with Crippen LogP contribution in [-0.2, 0) is 19.1 Å². The summed E-state index contributed by atoms with van der Waals surface area (Å²) in [5.41, 5.74) is 1.54. The molecule has 5 heteroatoms. The first-order valence-electron chi connectivity index (χ1n) is 10.9. The number of ether oxygens (including phenoxy) is 1. The van der Waals surface area contributed by atoms with Crippen molar-refractivity contribution in [3.05, 3.63) is 11.6 Å². The molecule has 0 bridgehead atoms. The van der Waals surface area contributed by atoms with Crippen molar-refractivity contribution >= 4 is 17.7 Å². The fourth-order valence-electron chi connectivity index (χ4n) is 7.13. The van der Waals surface area contributed by atoms with E-state index >= 15 is 0 Å². The average Bonchev–Trinajstić information content (AvgIpc) is 2.97. The van der Waals surface area contributed by atoms with E-state index in [1.165, 1.54) is 5.57 Å². The maximum Gasteiger partial charge on any atom is 0.306 e. The minimum Gasteiger partial charge on any atom is -0.481 e. The van der Waals surface area contributed by atoms with Gasteiger partial charge in [-0.05, 0) is 74.2 Å². The van der Waals surface area contributed by atoms with Gasteiger partial charge in [0.2, 0.25) is 0 Å². The number of esters is 1. The fraction of sp³-hybridized carbons (Fsp3) is 0.783. The predicted octanol–water partition coefficient (Wildman–Crippen LogP) is 4.29. The molecule has 0 radical (unpaired) electrons. The van der Waals surface area contributed by atoms with Gasteiger partial charge in [0.1, 0.15) is 6.10 Å². The van der Waals surface area contributed by atoms with Gasteiger partial charge in [0.15, 0.2) is 5.78 Å². The molecule has 4 aliphatic rings. The van der Waals surface area contributed by atoms with Crippen molar-refractivity contribution in [1.82, 2.24) is 0 Å². The third-order valence-corrected chi connectivity index (χ3v) is 8.69. The highest BCUT2D eigenvalue weighted by molar-refractivity contribution is 5.91. The van der Waals surface area contributed by atoms with E-state index in [9.17, 15) is 14.4 Å². The Kier molecular flexibility index (Phi) is 4.91. The summed E-state index contributed by atoms with van der Waals surface area (Å²) in [7, 11) is 0. The van der Waals surface area contributed by atoms with Crippen molar-refractivity contribution in [2.24, 2.45) is 28.6 Å². The van der Waals surface area contributed by atoms with Gasteiger partial charge in [-0.25, -0.2) is 0 Å². The molecule has 0 amide bonds. The minimum atomic E-state index is -0.960. The fourth-order valence-corrected chi connectivity index (χ4v) is 7.13. The lowest BCUT2D eigenvalue weighted by molar-refractivity contribution is -0.161. The average molecular weight is 389 g/mol. The summed E-state index contributed by atoms with van der Waals surface area (Å²) in [5.74, 6) is 0.776. The van der Waals surface area contributed by atoms with E-state index in [0.717, 1.165) is 44.9 Å². The molecule has 4 rings (SSSR count). The highest BCUT2D eigenvalue weighted by atomic mass is 16.5. The molecular formula is C23H32O5. The number of aliphatic carboxylic acids is 1. The van der Waals surface area contributed by atoms with Crippen LogP contribution in [0.5, 0.6) is 0 Å². The van der Waals surface area contributed by atoms with E-state index in [-0.39, 0.29) is 35.7 Å². The summed E-state index contributed by atoms with van der Waals surface area (Å²) >= 11 is 0. The van der Waals surface area contributed by atoms with Crippen molar-refractivity contribution in [2.45, 2.75) is 84.2 Å². The quantitative estimate of drug-likeness (QED) is 0.727. The Morgan fingerprint density at radius 2 is 1.86 bits per heavy atom. The Labute approximate surface area is 166 Å². The smallest absolute Gasteiger partial charge is 0.306 e. The van der Waals surface area contributed by atoms with E-state index in [0.29, 0.717) is 30.0 Å². The molecule has 0 saturated heterocycles. The Morgan fingerprint density at radius 1 is 1.07 bits per heavy atom. The van der Waals surface area contributed by atoms with Crippen LogP contribution in [0, 0.1) is 28.6 Å². The zero-order chi connectivity index (χ0) is 20.1. The maximum absolute atomic E-state index is 12.1. The lowest BCUT2D eigenvalue weighted by Gasteiger charge is -2.57. The summed E-state index contributed by atoms with van der Waals surface area (Å²) in [5, 5.41) is 8.79. The van der Waals surface area contributed by atoms with Crippen LogP contribution in [0.15, 0.2) is 11.6 Å². The second-order valence-electron chi connectivity index (χ2n) is 9.96. The van der Waals surface area contributed by atoms with Gasteiger partial charge in [0.05, 0.1) is 12.8 Å². The molecular weight excluding hydrogens is 356 g/mol. The first-order valence-corrected chi connectivity index (χ1v) is 10.9. The Balaban J connectivity index is 1.49. The number of allylic oxidation sites excluding steroid dienone is 1. The zero-order valence-electron chi connectivity index (χ0n) is 17.0. The van der Waals surface area contributed by atoms with Crippen molar-refractivity contribution < 1.29 is 24.2 Å². The number of hydrogen-bond donors (Lipinski definition) is 1. The monoisotopic (exact) mass is 388 g/mol. The van der Waals surface area contributed by atoms with E-state index < -0.39 is 5.97 Å². The first kappa shape index (κ1) is 19.7. The van der Waals surface area contributed by atoms with Crippen LogP contribution >= 0.6 is 0 Å². The molecule has 0 aromatic carbocycles. The number of carbonyl (C=O) groups is 3. The third-order valence-electron chi connectivity index (χ3n) is 8.69. The van der Waals surface area contributed by atoms with E-state index in [1.54, 1.807) is 0 Å². The summed E-state index contributed by atoms with van der Waals surface area (Å²) in [4.78, 5) is 34.8. The molecule has 0 aromatic rings. The van der Waals surface area contributed by atoms with Crippen LogP contribution < -0.4 is 0 Å². The van der Waals surface area contributed by atoms with Crippen LogP contribution in [-0.4, -0.2) is 28.9 Å². The minimum absolute atomic E-state index is 0.00210. The van der Waals surface area contributed by atoms with E-state index in [2.05, 4.69) is 13.8 Å². The van der Waals surface area contributed by atoms with Gasteiger partial charge >= 0.3 is 11.9 Å². The number of carboxylic acid groups (broad SMARTS) is 1. The Hall–Kier alpha value is -1.65. The molecule has 0 aliphatic heterocycles. The SMILES string of the molecule is C[C@]12CC[C@H]3[C@@H](CCC4=CC(=O)CC[C@@]43C)[C@@H]1CC[C@@H]2OC(=O)CCC(=O)O. The van der Waals surface area contributed by atoms with Crippen LogP contribution in [0.3, 0.4) is 0 Å². The highest BCUT2D eigenvalue weighted by Gasteiger charge is 2.59. The molecule has 0 unspecified atom stereocenters. The van der Waals surface area contributed by atoms with Gasteiger partial charge in [-0.1, -0.05) is 19.4 Å². The van der Waals surface area contributed by atoms with Gasteiger partial charge in [0.25, 0.3) is 0 Å². The van der Waals surface area contributed by atoms with Crippen molar-refractivity contribution in [3.8, 4) is 0 Å². The number of fused-ring (bicyclic) bond motifs is 5. The predicted molar refractivity (Wildman–Crippen MR) is 103 cm³/mol. The molecule has 0 aromatic heterocycles. The molecule has 0 heterocycles. The Bertz CT molecular complexity index is 725. The van der Waals surface area contributed by atoms with Crippen LogP contribution in [0.25, 0.3) is 0 Å². The third kappa shape index (κ3) is 3.11. The molecule has 154 valence electrons. The summed E-state index contributed by atoms with van der Waals surface area (Å²) in [6.07, 6.45) is 9.62. The molecule has 3 fully saturated rings. The number of hydrogen-bond acceptors (Lipinski definition) is 4. The van der Waals surface area contributed by atoms with Gasteiger partial charge in [0, 0.05) is 11.8 Å². The van der Waals surface area contributed by atoms with Gasteiger partial charge in [-0.3, -0.25) is 14.4 Å². The van der Waals surface area contributed by atoms with Crippen LogP contribution in [0.4, 0.5) is 0 Å². The van der Waals surface area contributed by atoms with Crippen LogP contribution in [0.1, 0.15) is 78.1 Å². The normalized spacial score (nSPS) is 42.1. The summed E-state index contributed by atoms with van der Waals surface area (Å²) in [6, 6.07) is 0. The standard InChI is InChI=1S/C23H32O5/c1-22-11-9-15(24)13-14(22)3-4-16-17-5-6-19(23(17,2)12-10-18(16)22)28-21(27)8-7-20(25)26/h13,16-19H,3-12H2,1-2H3,(H,25,26)/t16-,17-,18-,19-,22-,23-/m0/s1. The van der Waals surface area contributed by atoms with E-state index in [1.807, 2.05) is 6.08 Å². The summed E-state index contributed by atoms with van der Waals surface area (Å²) < 4.78 is 5.80. The number of ketones is 1. The van der Waals surface area contributed by atoms with Crippen molar-refractivity contribution in [3.63, 3.8) is 0 Å². The molecule has 4 aliphatic carbocycles. The number of carboxylic acids is 1. The van der Waals surface area contributed by atoms with Crippen LogP contribution in [0.2, 0.25) is 0 Å². The Morgan fingerprint density at radius 3 is 2.61 bits per heavy atom. The zero-order valence-corrected chi connectivity index (χ0v) is 17.0. The number of carbonyl (C=O) groups excluding carboxylic acids is 2. The second-order valence-corrected chi connectivity index (χ2v) is 9.96. The van der Waals surface area contributed by atoms with Gasteiger partial charge < -0.3 is 9.84 Å². The van der Waals surface area contributed by atoms with Gasteiger partial charge in [-0.15, -0.1) is 0 Å². The van der Waals surface area contributed by atoms with Crippen molar-refractivity contribution in [1.29, 1.82) is 0 Å². The maximum atomic E-state index is 12.1. The van der Waals surface area contributed by atoms with E-state index in [4.69, 9.17) is 9.84 Å². The topological polar surface area (TPSA) is 80.7 Å². The lowest BCUT2D eigenvalue weighted by Crippen LogP contribution is -2.51. The largest absolute Gasteiger partial charge is 0.481 e.